The number of hydrogen-bond acceptors (Lipinski definition) is 6. The second-order valence-corrected chi connectivity index (χ2v) is 5.18. The van der Waals surface area contributed by atoms with Gasteiger partial charge in [-0.2, -0.15) is 0 Å². The molecule has 1 aromatic carbocycles. The molecule has 0 bridgehead atoms. The fraction of sp³-hybridized carbons (Fsp3) is 0.357. The summed E-state index contributed by atoms with van der Waals surface area (Å²) in [7, 11) is 0. The highest BCUT2D eigenvalue weighted by Gasteiger charge is 2.19. The van der Waals surface area contributed by atoms with E-state index in [-0.39, 0.29) is 35.3 Å². The summed E-state index contributed by atoms with van der Waals surface area (Å²) in [5.74, 6) is -1.57. The molecule has 24 heavy (non-hydrogen) atoms. The van der Waals surface area contributed by atoms with Crippen LogP contribution in [0, 0.1) is 10.1 Å². The molecule has 0 saturated carbocycles. The highest BCUT2D eigenvalue weighted by Crippen LogP contribution is 2.26. The molecular formula is C14H16ClN3O6. The number of ether oxygens (including phenoxy) is 1. The Bertz CT molecular complexity index is 664. The number of nitro groups is 1. The van der Waals surface area contributed by atoms with Gasteiger partial charge < -0.3 is 15.4 Å². The lowest BCUT2D eigenvalue weighted by atomic mass is 10.2. The van der Waals surface area contributed by atoms with E-state index in [2.05, 4.69) is 10.6 Å². The maximum absolute atomic E-state index is 12.0. The van der Waals surface area contributed by atoms with Gasteiger partial charge in [0.2, 0.25) is 5.91 Å². The Labute approximate surface area is 142 Å². The molecular weight excluding hydrogens is 342 g/mol. The SMILES string of the molecule is CC(=O)NCCC(=O)O[C@H](C)C(=O)Nc1ccc([N+](=O)[O-])cc1Cl. The van der Waals surface area contributed by atoms with Crippen molar-refractivity contribution in [2.75, 3.05) is 11.9 Å². The van der Waals surface area contributed by atoms with E-state index in [0.717, 1.165) is 6.07 Å². The van der Waals surface area contributed by atoms with Gasteiger partial charge in [-0.3, -0.25) is 24.5 Å². The summed E-state index contributed by atoms with van der Waals surface area (Å²) in [5, 5.41) is 15.5. The van der Waals surface area contributed by atoms with E-state index in [1.165, 1.54) is 26.0 Å². The maximum atomic E-state index is 12.0. The monoisotopic (exact) mass is 357 g/mol. The Morgan fingerprint density at radius 2 is 2.04 bits per heavy atom. The minimum atomic E-state index is -1.10. The van der Waals surface area contributed by atoms with Gasteiger partial charge in [0.15, 0.2) is 6.10 Å². The minimum Gasteiger partial charge on any atom is -0.452 e. The first-order chi connectivity index (χ1) is 11.2. The van der Waals surface area contributed by atoms with Crippen molar-refractivity contribution < 1.29 is 24.0 Å². The van der Waals surface area contributed by atoms with Gasteiger partial charge in [0.05, 0.1) is 22.1 Å². The molecule has 2 N–H and O–H groups in total. The largest absolute Gasteiger partial charge is 0.452 e. The van der Waals surface area contributed by atoms with Crippen LogP contribution in [0.25, 0.3) is 0 Å². The van der Waals surface area contributed by atoms with Crippen molar-refractivity contribution in [3.8, 4) is 0 Å². The number of non-ortho nitro benzene ring substituents is 1. The summed E-state index contributed by atoms with van der Waals surface area (Å²) < 4.78 is 4.91. The van der Waals surface area contributed by atoms with Crippen molar-refractivity contribution in [2.45, 2.75) is 26.4 Å². The third kappa shape index (κ3) is 6.21. The van der Waals surface area contributed by atoms with E-state index in [9.17, 15) is 24.5 Å². The minimum absolute atomic E-state index is 0.0123. The number of nitro benzene ring substituents is 1. The Morgan fingerprint density at radius 3 is 2.58 bits per heavy atom. The molecule has 0 heterocycles. The van der Waals surface area contributed by atoms with Crippen LogP contribution < -0.4 is 10.6 Å². The Kier molecular flexibility index (Phi) is 7.12. The lowest BCUT2D eigenvalue weighted by Gasteiger charge is -2.14. The predicted molar refractivity (Wildman–Crippen MR) is 85.6 cm³/mol. The molecule has 10 heteroatoms. The van der Waals surface area contributed by atoms with Gasteiger partial charge in [-0.05, 0) is 13.0 Å². The quantitative estimate of drug-likeness (QED) is 0.434. The van der Waals surface area contributed by atoms with Crippen LogP contribution in [0.15, 0.2) is 18.2 Å². The molecule has 1 rings (SSSR count). The van der Waals surface area contributed by atoms with E-state index in [1.54, 1.807) is 0 Å². The topological polar surface area (TPSA) is 128 Å². The molecule has 0 aliphatic heterocycles. The van der Waals surface area contributed by atoms with Crippen LogP contribution >= 0.6 is 11.6 Å². The van der Waals surface area contributed by atoms with Crippen molar-refractivity contribution in [3.05, 3.63) is 33.3 Å². The van der Waals surface area contributed by atoms with Gasteiger partial charge in [-0.25, -0.2) is 0 Å². The van der Waals surface area contributed by atoms with E-state index >= 15 is 0 Å². The number of amides is 2. The number of halogens is 1. The van der Waals surface area contributed by atoms with Crippen LogP contribution in [-0.4, -0.2) is 35.4 Å². The normalized spacial score (nSPS) is 11.3. The molecule has 0 fully saturated rings. The van der Waals surface area contributed by atoms with Crippen LogP contribution in [-0.2, 0) is 19.1 Å². The van der Waals surface area contributed by atoms with E-state index < -0.39 is 22.9 Å². The number of hydrogen-bond donors (Lipinski definition) is 2. The number of nitrogens with zero attached hydrogens (tertiary/aromatic N) is 1. The smallest absolute Gasteiger partial charge is 0.308 e. The zero-order chi connectivity index (χ0) is 18.3. The highest BCUT2D eigenvalue weighted by atomic mass is 35.5. The predicted octanol–water partition coefficient (Wildman–Crippen LogP) is 1.64. The average Bonchev–Trinajstić information content (AvgIpc) is 2.48. The third-order valence-electron chi connectivity index (χ3n) is 2.80. The third-order valence-corrected chi connectivity index (χ3v) is 3.11. The summed E-state index contributed by atoms with van der Waals surface area (Å²) in [5.41, 5.74) is -0.0520. The second-order valence-electron chi connectivity index (χ2n) is 4.78. The van der Waals surface area contributed by atoms with E-state index in [1.807, 2.05) is 0 Å². The summed E-state index contributed by atoms with van der Waals surface area (Å²) in [4.78, 5) is 44.2. The zero-order valence-corrected chi connectivity index (χ0v) is 13.8. The number of carbonyl (C=O) groups excluding carboxylic acids is 3. The molecule has 1 atom stereocenters. The van der Waals surface area contributed by atoms with Crippen LogP contribution in [0.3, 0.4) is 0 Å². The van der Waals surface area contributed by atoms with E-state index in [0.29, 0.717) is 0 Å². The number of rotatable bonds is 7. The van der Waals surface area contributed by atoms with Gasteiger partial charge in [0.25, 0.3) is 11.6 Å². The van der Waals surface area contributed by atoms with E-state index in [4.69, 9.17) is 16.3 Å². The zero-order valence-electron chi connectivity index (χ0n) is 13.0. The fourth-order valence-corrected chi connectivity index (χ4v) is 1.83. The number of nitrogens with one attached hydrogen (secondary N) is 2. The lowest BCUT2D eigenvalue weighted by Crippen LogP contribution is -2.31. The fourth-order valence-electron chi connectivity index (χ4n) is 1.60. The van der Waals surface area contributed by atoms with Crippen molar-refractivity contribution in [1.82, 2.24) is 5.32 Å². The van der Waals surface area contributed by atoms with Crippen molar-refractivity contribution in [1.29, 1.82) is 0 Å². The van der Waals surface area contributed by atoms with Gasteiger partial charge in [-0.1, -0.05) is 11.6 Å². The first-order valence-corrected chi connectivity index (χ1v) is 7.27. The molecule has 0 unspecified atom stereocenters. The second kappa shape index (κ2) is 8.82. The Balaban J connectivity index is 2.56. The number of carbonyl (C=O) groups is 3. The number of esters is 1. The highest BCUT2D eigenvalue weighted by molar-refractivity contribution is 6.34. The van der Waals surface area contributed by atoms with Gasteiger partial charge >= 0.3 is 5.97 Å². The molecule has 2 amide bonds. The molecule has 0 aliphatic rings. The van der Waals surface area contributed by atoms with Gasteiger partial charge in [0, 0.05) is 25.6 Å². The van der Waals surface area contributed by atoms with Crippen LogP contribution in [0.5, 0.6) is 0 Å². The lowest BCUT2D eigenvalue weighted by molar-refractivity contribution is -0.384. The first kappa shape index (κ1) is 19.4. The average molecular weight is 358 g/mol. The molecule has 0 saturated heterocycles. The van der Waals surface area contributed by atoms with Crippen molar-refractivity contribution in [2.24, 2.45) is 0 Å². The Morgan fingerprint density at radius 1 is 1.38 bits per heavy atom. The standard InChI is InChI=1S/C14H16ClN3O6/c1-8(24-13(20)5-6-16-9(2)19)14(21)17-12-4-3-10(18(22)23)7-11(12)15/h3-4,7-8H,5-6H2,1-2H3,(H,16,19)(H,17,21)/t8-/m1/s1. The molecule has 1 aromatic rings. The molecule has 0 aromatic heterocycles. The molecule has 9 nitrogen and oxygen atoms in total. The van der Waals surface area contributed by atoms with Gasteiger partial charge in [-0.15, -0.1) is 0 Å². The molecule has 0 aliphatic carbocycles. The summed E-state index contributed by atoms with van der Waals surface area (Å²) in [6.45, 7) is 2.79. The number of benzene rings is 1. The number of anilines is 1. The summed E-state index contributed by atoms with van der Waals surface area (Å²) in [6, 6.07) is 3.57. The summed E-state index contributed by atoms with van der Waals surface area (Å²) in [6.07, 6.45) is -1.17. The van der Waals surface area contributed by atoms with Crippen LogP contribution in [0.4, 0.5) is 11.4 Å². The molecule has 0 radical (unpaired) electrons. The van der Waals surface area contributed by atoms with Gasteiger partial charge in [0.1, 0.15) is 0 Å². The molecule has 130 valence electrons. The van der Waals surface area contributed by atoms with Crippen LogP contribution in [0.2, 0.25) is 5.02 Å². The van der Waals surface area contributed by atoms with Crippen molar-refractivity contribution in [3.63, 3.8) is 0 Å². The molecule has 0 spiro atoms. The van der Waals surface area contributed by atoms with Crippen LogP contribution in [0.1, 0.15) is 20.3 Å². The first-order valence-electron chi connectivity index (χ1n) is 6.89. The summed E-state index contributed by atoms with van der Waals surface area (Å²) >= 11 is 5.86. The Hall–Kier alpha value is -2.68. The maximum Gasteiger partial charge on any atom is 0.308 e. The van der Waals surface area contributed by atoms with Crippen molar-refractivity contribution >= 4 is 40.8 Å².